The number of amides is 1. The van der Waals surface area contributed by atoms with Gasteiger partial charge in [0.25, 0.3) is 0 Å². The van der Waals surface area contributed by atoms with Crippen molar-refractivity contribution in [3.05, 3.63) is 0 Å². The van der Waals surface area contributed by atoms with Gasteiger partial charge < -0.3 is 14.4 Å². The maximum atomic E-state index is 11.9. The van der Waals surface area contributed by atoms with E-state index in [1.165, 1.54) is 6.42 Å². The van der Waals surface area contributed by atoms with Gasteiger partial charge in [0.2, 0.25) is 0 Å². The third kappa shape index (κ3) is 1.63. The van der Waals surface area contributed by atoms with Crippen molar-refractivity contribution >= 4 is 22.0 Å². The molecule has 3 rings (SSSR count). The minimum atomic E-state index is -0.425. The van der Waals surface area contributed by atoms with Gasteiger partial charge >= 0.3 is 6.09 Å². The van der Waals surface area contributed by atoms with Gasteiger partial charge in [-0.15, -0.1) is 0 Å². The highest BCUT2D eigenvalue weighted by atomic mass is 79.9. The van der Waals surface area contributed by atoms with E-state index in [-0.39, 0.29) is 17.1 Å². The minimum Gasteiger partial charge on any atom is -0.444 e. The summed E-state index contributed by atoms with van der Waals surface area (Å²) < 4.78 is 11.3. The van der Waals surface area contributed by atoms with Crippen molar-refractivity contribution < 1.29 is 14.3 Å². The molecule has 0 aromatic carbocycles. The van der Waals surface area contributed by atoms with Crippen molar-refractivity contribution in [1.29, 1.82) is 0 Å². The summed E-state index contributed by atoms with van der Waals surface area (Å²) in [6, 6.07) is 0. The third-order valence-electron chi connectivity index (χ3n) is 4.48. The van der Waals surface area contributed by atoms with Crippen molar-refractivity contribution in [2.45, 2.75) is 38.4 Å². The molecule has 2 atom stereocenters. The summed E-state index contributed by atoms with van der Waals surface area (Å²) in [7, 11) is 0. The van der Waals surface area contributed by atoms with Crippen molar-refractivity contribution in [2.24, 2.45) is 11.3 Å². The van der Waals surface area contributed by atoms with Crippen molar-refractivity contribution in [3.8, 4) is 0 Å². The summed E-state index contributed by atoms with van der Waals surface area (Å²) in [5.74, 6) is 0.692. The molecular formula is C13H20BrNO3. The highest BCUT2D eigenvalue weighted by Crippen LogP contribution is 2.68. The number of nitrogens with zero attached hydrogens (tertiary/aromatic N) is 1. The Morgan fingerprint density at radius 2 is 2.17 bits per heavy atom. The normalized spacial score (nSPS) is 36.2. The molecular weight excluding hydrogens is 298 g/mol. The standard InChI is InChI=1S/C13H20BrNO3/c1-11(2,3)18-10(16)15-7-13(8-15)12(6-14)4-9(12)5-17-13/h9H,4-8H2,1-3H3. The van der Waals surface area contributed by atoms with Gasteiger partial charge in [0.15, 0.2) is 0 Å². The van der Waals surface area contributed by atoms with Crippen LogP contribution in [0.2, 0.25) is 0 Å². The Kier molecular flexibility index (Phi) is 2.57. The Labute approximate surface area is 116 Å². The van der Waals surface area contributed by atoms with Crippen molar-refractivity contribution in [1.82, 2.24) is 4.90 Å². The molecule has 18 heavy (non-hydrogen) atoms. The number of carbonyl (C=O) groups excluding carboxylic acids is 1. The van der Waals surface area contributed by atoms with E-state index in [1.807, 2.05) is 20.8 Å². The Morgan fingerprint density at radius 3 is 2.67 bits per heavy atom. The van der Waals surface area contributed by atoms with E-state index in [2.05, 4.69) is 15.9 Å². The van der Waals surface area contributed by atoms with Gasteiger partial charge in [-0.05, 0) is 33.1 Å². The van der Waals surface area contributed by atoms with E-state index < -0.39 is 5.60 Å². The molecule has 4 nitrogen and oxygen atoms in total. The largest absolute Gasteiger partial charge is 0.444 e. The summed E-state index contributed by atoms with van der Waals surface area (Å²) in [6.07, 6.45) is 1.02. The van der Waals surface area contributed by atoms with E-state index in [9.17, 15) is 4.79 Å². The highest BCUT2D eigenvalue weighted by Gasteiger charge is 2.75. The molecule has 0 N–H and O–H groups in total. The quantitative estimate of drug-likeness (QED) is 0.697. The first kappa shape index (κ1) is 12.7. The second kappa shape index (κ2) is 3.63. The van der Waals surface area contributed by atoms with E-state index in [0.717, 1.165) is 11.9 Å². The molecule has 2 aliphatic heterocycles. The zero-order chi connectivity index (χ0) is 13.2. The van der Waals surface area contributed by atoms with Crippen LogP contribution in [0.4, 0.5) is 4.79 Å². The molecule has 2 saturated heterocycles. The summed E-state index contributed by atoms with van der Waals surface area (Å²) in [4.78, 5) is 13.7. The Hall–Kier alpha value is -0.290. The number of hydrogen-bond donors (Lipinski definition) is 0. The molecule has 3 fully saturated rings. The van der Waals surface area contributed by atoms with E-state index in [0.29, 0.717) is 19.0 Å². The Balaban J connectivity index is 1.62. The van der Waals surface area contributed by atoms with Crippen LogP contribution in [-0.4, -0.2) is 47.2 Å². The first-order chi connectivity index (χ1) is 8.32. The van der Waals surface area contributed by atoms with Crippen LogP contribution in [-0.2, 0) is 9.47 Å². The maximum Gasteiger partial charge on any atom is 0.410 e. The predicted octanol–water partition coefficient (Wildman–Crippen LogP) is 2.41. The molecule has 3 aliphatic rings. The number of carbonyl (C=O) groups is 1. The second-order valence-corrected chi connectivity index (χ2v) is 7.39. The monoisotopic (exact) mass is 317 g/mol. The molecule has 102 valence electrons. The molecule has 5 heteroatoms. The average molecular weight is 318 g/mol. The minimum absolute atomic E-state index is 0.0991. The molecule has 2 unspecified atom stereocenters. The zero-order valence-electron chi connectivity index (χ0n) is 11.2. The molecule has 0 aromatic heterocycles. The molecule has 1 spiro atoms. The van der Waals surface area contributed by atoms with Crippen LogP contribution in [0.15, 0.2) is 0 Å². The molecule has 0 radical (unpaired) electrons. The zero-order valence-corrected chi connectivity index (χ0v) is 12.7. The fraction of sp³-hybridized carbons (Fsp3) is 0.923. The number of ether oxygens (including phenoxy) is 2. The van der Waals surface area contributed by atoms with Crippen LogP contribution in [0.5, 0.6) is 0 Å². The SMILES string of the molecule is CC(C)(C)OC(=O)N1CC2(C1)OCC1CC12CBr. The van der Waals surface area contributed by atoms with Gasteiger partial charge in [-0.3, -0.25) is 0 Å². The maximum absolute atomic E-state index is 11.9. The van der Waals surface area contributed by atoms with Gasteiger partial charge in [0.05, 0.1) is 19.7 Å². The fourth-order valence-corrected chi connectivity index (χ4v) is 4.48. The highest BCUT2D eigenvalue weighted by molar-refractivity contribution is 9.09. The van der Waals surface area contributed by atoms with Gasteiger partial charge in [-0.2, -0.15) is 0 Å². The second-order valence-electron chi connectivity index (χ2n) is 6.83. The lowest BCUT2D eigenvalue weighted by molar-refractivity contribution is -0.145. The first-order valence-electron chi connectivity index (χ1n) is 6.50. The van der Waals surface area contributed by atoms with Crippen LogP contribution < -0.4 is 0 Å². The number of halogens is 1. The summed E-state index contributed by atoms with van der Waals surface area (Å²) in [5.41, 5.74) is -0.241. The Bertz CT molecular complexity index is 382. The van der Waals surface area contributed by atoms with E-state index in [4.69, 9.17) is 9.47 Å². The lowest BCUT2D eigenvalue weighted by Crippen LogP contribution is -2.68. The fourth-order valence-electron chi connectivity index (χ4n) is 3.28. The number of hydrogen-bond acceptors (Lipinski definition) is 3. The molecule has 0 bridgehead atoms. The number of rotatable bonds is 1. The van der Waals surface area contributed by atoms with Crippen molar-refractivity contribution in [3.63, 3.8) is 0 Å². The summed E-state index contributed by atoms with van der Waals surface area (Å²) >= 11 is 3.62. The lowest BCUT2D eigenvalue weighted by Gasteiger charge is -2.51. The van der Waals surface area contributed by atoms with Crippen LogP contribution in [0.25, 0.3) is 0 Å². The predicted molar refractivity (Wildman–Crippen MR) is 70.8 cm³/mol. The number of likely N-dealkylation sites (tertiary alicyclic amines) is 1. The average Bonchev–Trinajstić information content (AvgIpc) is 2.82. The Morgan fingerprint density at radius 1 is 1.50 bits per heavy atom. The van der Waals surface area contributed by atoms with E-state index in [1.54, 1.807) is 4.90 Å². The molecule has 0 aromatic rings. The molecule has 1 amide bonds. The lowest BCUT2D eigenvalue weighted by atomic mass is 9.79. The topological polar surface area (TPSA) is 38.8 Å². The van der Waals surface area contributed by atoms with E-state index >= 15 is 0 Å². The third-order valence-corrected chi connectivity index (χ3v) is 5.48. The van der Waals surface area contributed by atoms with Crippen LogP contribution >= 0.6 is 15.9 Å². The molecule has 1 saturated carbocycles. The van der Waals surface area contributed by atoms with Crippen LogP contribution in [0.3, 0.4) is 0 Å². The molecule has 2 heterocycles. The van der Waals surface area contributed by atoms with Crippen molar-refractivity contribution in [2.75, 3.05) is 25.0 Å². The molecule has 1 aliphatic carbocycles. The van der Waals surface area contributed by atoms with Crippen LogP contribution in [0.1, 0.15) is 27.2 Å². The summed E-state index contributed by atoms with van der Waals surface area (Å²) in [6.45, 7) is 7.90. The van der Waals surface area contributed by atoms with Crippen LogP contribution in [0, 0.1) is 11.3 Å². The number of alkyl halides is 1. The van der Waals surface area contributed by atoms with Gasteiger partial charge in [-0.25, -0.2) is 4.79 Å². The summed E-state index contributed by atoms with van der Waals surface area (Å²) in [5, 5.41) is 0.979. The van der Waals surface area contributed by atoms with Gasteiger partial charge in [0, 0.05) is 10.7 Å². The smallest absolute Gasteiger partial charge is 0.410 e. The number of fused-ring (bicyclic) bond motifs is 2. The first-order valence-corrected chi connectivity index (χ1v) is 7.62. The van der Waals surface area contributed by atoms with Gasteiger partial charge in [-0.1, -0.05) is 15.9 Å². The van der Waals surface area contributed by atoms with Gasteiger partial charge in [0.1, 0.15) is 11.2 Å².